The van der Waals surface area contributed by atoms with Crippen molar-refractivity contribution >= 4 is 0 Å². The normalized spacial score (nSPS) is 9.53. The average molecular weight is 199 g/mol. The summed E-state index contributed by atoms with van der Waals surface area (Å²) in [5.74, 6) is 0.370. The van der Waals surface area contributed by atoms with Crippen LogP contribution >= 0.6 is 0 Å². The molecule has 2 heterocycles. The summed E-state index contributed by atoms with van der Waals surface area (Å²) in [5.41, 5.74) is 1.40. The number of aromatic nitrogens is 2. The van der Waals surface area contributed by atoms with Gasteiger partial charge in [-0.15, -0.1) is 0 Å². The number of aromatic amines is 1. The minimum Gasteiger partial charge on any atom is -0.470 e. The van der Waals surface area contributed by atoms with E-state index < -0.39 is 0 Å². The van der Waals surface area contributed by atoms with Crippen LogP contribution in [0.4, 0.5) is 0 Å². The second kappa shape index (κ2) is 4.29. The Morgan fingerprint density at radius 3 is 3.07 bits per heavy atom. The van der Waals surface area contributed by atoms with Crippen molar-refractivity contribution in [2.45, 2.75) is 6.61 Å². The third-order valence-electron chi connectivity index (χ3n) is 1.92. The van der Waals surface area contributed by atoms with Crippen LogP contribution in [0.15, 0.2) is 36.7 Å². The second-order valence-electron chi connectivity index (χ2n) is 2.95. The lowest BCUT2D eigenvalue weighted by atomic mass is 10.3. The zero-order valence-electron chi connectivity index (χ0n) is 7.97. The maximum absolute atomic E-state index is 8.80. The number of hydrogen-bond acceptors (Lipinski definition) is 3. The molecule has 0 aromatic carbocycles. The Balaban J connectivity index is 2.08. The van der Waals surface area contributed by atoms with Crippen molar-refractivity contribution in [3.63, 3.8) is 0 Å². The number of nitrogens with one attached hydrogen (secondary N) is 1. The molecule has 0 bridgehead atoms. The molecule has 4 nitrogen and oxygen atoms in total. The van der Waals surface area contributed by atoms with Gasteiger partial charge in [-0.25, -0.2) is 4.98 Å². The van der Waals surface area contributed by atoms with Gasteiger partial charge in [0.15, 0.2) is 0 Å². The van der Waals surface area contributed by atoms with Crippen molar-refractivity contribution in [3.8, 4) is 11.9 Å². The molecule has 0 aliphatic carbocycles. The van der Waals surface area contributed by atoms with E-state index in [1.165, 1.54) is 0 Å². The first-order chi connectivity index (χ1) is 7.40. The molecular weight excluding hydrogens is 190 g/mol. The zero-order chi connectivity index (χ0) is 10.5. The molecule has 0 atom stereocenters. The number of nitriles is 1. The van der Waals surface area contributed by atoms with Crippen LogP contribution in [0.2, 0.25) is 0 Å². The van der Waals surface area contributed by atoms with Gasteiger partial charge in [0.2, 0.25) is 5.88 Å². The monoisotopic (exact) mass is 199 g/mol. The summed E-state index contributed by atoms with van der Waals surface area (Å²) < 4.78 is 5.41. The fourth-order valence-electron chi connectivity index (χ4n) is 1.19. The van der Waals surface area contributed by atoms with Gasteiger partial charge in [0.05, 0.1) is 5.69 Å². The van der Waals surface area contributed by atoms with Crippen molar-refractivity contribution in [2.75, 3.05) is 0 Å². The molecule has 15 heavy (non-hydrogen) atoms. The Morgan fingerprint density at radius 2 is 2.33 bits per heavy atom. The van der Waals surface area contributed by atoms with Gasteiger partial charge in [-0.05, 0) is 24.3 Å². The minimum atomic E-state index is 0.370. The zero-order valence-corrected chi connectivity index (χ0v) is 7.97. The molecule has 1 N–H and O–H groups in total. The van der Waals surface area contributed by atoms with Crippen molar-refractivity contribution in [3.05, 3.63) is 47.9 Å². The number of H-pyrrole nitrogens is 1. The van der Waals surface area contributed by atoms with Gasteiger partial charge in [0.1, 0.15) is 18.2 Å². The summed E-state index contributed by atoms with van der Waals surface area (Å²) in [6.45, 7) is 0.388. The summed E-state index contributed by atoms with van der Waals surface area (Å²) in [6, 6.07) is 9.22. The largest absolute Gasteiger partial charge is 0.470 e. The molecule has 0 amide bonds. The van der Waals surface area contributed by atoms with Crippen molar-refractivity contribution in [1.29, 1.82) is 5.26 Å². The van der Waals surface area contributed by atoms with E-state index in [4.69, 9.17) is 10.00 Å². The van der Waals surface area contributed by atoms with Gasteiger partial charge in [0.25, 0.3) is 0 Å². The lowest BCUT2D eigenvalue weighted by Gasteiger charge is -2.04. The lowest BCUT2D eigenvalue weighted by Crippen LogP contribution is -1.99. The molecule has 2 rings (SSSR count). The molecule has 0 unspecified atom stereocenters. The summed E-state index contributed by atoms with van der Waals surface area (Å²) >= 11 is 0. The molecule has 2 aromatic rings. The van der Waals surface area contributed by atoms with Crippen LogP contribution in [-0.4, -0.2) is 9.97 Å². The average Bonchev–Trinajstić information content (AvgIpc) is 2.79. The van der Waals surface area contributed by atoms with Gasteiger partial charge in [-0.1, -0.05) is 0 Å². The van der Waals surface area contributed by atoms with Gasteiger partial charge in [-0.2, -0.15) is 5.26 Å². The third kappa shape index (κ3) is 2.15. The fourth-order valence-corrected chi connectivity index (χ4v) is 1.19. The second-order valence-corrected chi connectivity index (χ2v) is 2.95. The SMILES string of the molecule is N#Cc1cccnc1OCc1ccc[nH]1. The maximum atomic E-state index is 8.80. The highest BCUT2D eigenvalue weighted by molar-refractivity contribution is 5.37. The highest BCUT2D eigenvalue weighted by Crippen LogP contribution is 2.13. The van der Waals surface area contributed by atoms with Gasteiger partial charge in [0, 0.05) is 12.4 Å². The first-order valence-electron chi connectivity index (χ1n) is 4.50. The number of hydrogen-bond donors (Lipinski definition) is 1. The van der Waals surface area contributed by atoms with E-state index >= 15 is 0 Å². The molecule has 0 aliphatic rings. The van der Waals surface area contributed by atoms with E-state index in [-0.39, 0.29) is 0 Å². The predicted octanol–water partition coefficient (Wildman–Crippen LogP) is 1.86. The molecule has 4 heteroatoms. The summed E-state index contributed by atoms with van der Waals surface area (Å²) in [5, 5.41) is 8.80. The fraction of sp³-hybridized carbons (Fsp3) is 0.0909. The Bertz CT molecular complexity index is 471. The van der Waals surface area contributed by atoms with Crippen LogP contribution in [-0.2, 0) is 6.61 Å². The molecule has 0 spiro atoms. The first-order valence-corrected chi connectivity index (χ1v) is 4.50. The summed E-state index contributed by atoms with van der Waals surface area (Å²) in [4.78, 5) is 7.00. The van der Waals surface area contributed by atoms with Gasteiger partial charge in [-0.3, -0.25) is 0 Å². The van der Waals surface area contributed by atoms with Crippen LogP contribution in [0.1, 0.15) is 11.3 Å². The van der Waals surface area contributed by atoms with Crippen LogP contribution in [0.25, 0.3) is 0 Å². The Hall–Kier alpha value is -2.28. The first kappa shape index (κ1) is 9.28. The van der Waals surface area contributed by atoms with Crippen molar-refractivity contribution < 1.29 is 4.74 Å². The smallest absolute Gasteiger partial charge is 0.232 e. The highest BCUT2D eigenvalue weighted by Gasteiger charge is 2.03. The van der Waals surface area contributed by atoms with E-state index in [0.29, 0.717) is 18.1 Å². The molecule has 74 valence electrons. The molecule has 0 aliphatic heterocycles. The molecule has 0 fully saturated rings. The molecule has 0 radical (unpaired) electrons. The van der Waals surface area contributed by atoms with Crippen molar-refractivity contribution in [2.24, 2.45) is 0 Å². The van der Waals surface area contributed by atoms with E-state index in [2.05, 4.69) is 9.97 Å². The van der Waals surface area contributed by atoms with Crippen LogP contribution in [0.3, 0.4) is 0 Å². The Kier molecular flexibility index (Phi) is 2.65. The van der Waals surface area contributed by atoms with Crippen LogP contribution in [0.5, 0.6) is 5.88 Å². The number of pyridine rings is 1. The topological polar surface area (TPSA) is 61.7 Å². The van der Waals surface area contributed by atoms with E-state index in [9.17, 15) is 0 Å². The molecule has 2 aromatic heterocycles. The lowest BCUT2D eigenvalue weighted by molar-refractivity contribution is 0.289. The maximum Gasteiger partial charge on any atom is 0.232 e. The standard InChI is InChI=1S/C11H9N3O/c12-7-9-3-1-6-14-11(9)15-8-10-4-2-5-13-10/h1-6,13H,8H2. The van der Waals surface area contributed by atoms with Crippen molar-refractivity contribution in [1.82, 2.24) is 9.97 Å². The quantitative estimate of drug-likeness (QED) is 0.820. The molecular formula is C11H9N3O. The van der Waals surface area contributed by atoms with E-state index in [1.807, 2.05) is 24.4 Å². The van der Waals surface area contributed by atoms with Crippen LogP contribution in [0, 0.1) is 11.3 Å². The number of ether oxygens (including phenoxy) is 1. The number of nitrogens with zero attached hydrogens (tertiary/aromatic N) is 2. The molecule has 0 saturated carbocycles. The van der Waals surface area contributed by atoms with Crippen LogP contribution < -0.4 is 4.74 Å². The van der Waals surface area contributed by atoms with E-state index in [1.54, 1.807) is 18.3 Å². The minimum absolute atomic E-state index is 0.370. The third-order valence-corrected chi connectivity index (χ3v) is 1.92. The van der Waals surface area contributed by atoms with E-state index in [0.717, 1.165) is 5.69 Å². The Morgan fingerprint density at radius 1 is 1.40 bits per heavy atom. The van der Waals surface area contributed by atoms with Gasteiger partial charge >= 0.3 is 0 Å². The summed E-state index contributed by atoms with van der Waals surface area (Å²) in [6.07, 6.45) is 3.42. The molecule has 0 saturated heterocycles. The summed E-state index contributed by atoms with van der Waals surface area (Å²) in [7, 11) is 0. The highest BCUT2D eigenvalue weighted by atomic mass is 16.5. The number of rotatable bonds is 3. The Labute approximate surface area is 87.2 Å². The predicted molar refractivity (Wildman–Crippen MR) is 54.1 cm³/mol. The van der Waals surface area contributed by atoms with Gasteiger partial charge < -0.3 is 9.72 Å².